The summed E-state index contributed by atoms with van der Waals surface area (Å²) in [6.07, 6.45) is 5.07. The van der Waals surface area contributed by atoms with Crippen LogP contribution in [0.4, 0.5) is 5.69 Å². The number of aromatic nitrogens is 1. The molecule has 1 aromatic heterocycles. The summed E-state index contributed by atoms with van der Waals surface area (Å²) in [6, 6.07) is 8.71. The van der Waals surface area contributed by atoms with Gasteiger partial charge in [-0.15, -0.1) is 11.3 Å². The Hall–Kier alpha value is -2.25. The van der Waals surface area contributed by atoms with Crippen molar-refractivity contribution in [2.45, 2.75) is 44.3 Å². The molecular formula is C18H20N4O2S. The van der Waals surface area contributed by atoms with Crippen molar-refractivity contribution in [2.75, 3.05) is 5.32 Å². The molecule has 4 rings (SSSR count). The van der Waals surface area contributed by atoms with Gasteiger partial charge in [-0.1, -0.05) is 12.1 Å². The number of hydrogen-bond acceptors (Lipinski definition) is 5. The summed E-state index contributed by atoms with van der Waals surface area (Å²) in [6.45, 7) is 1.48. The summed E-state index contributed by atoms with van der Waals surface area (Å²) in [5.41, 5.74) is 1.67. The first-order valence-corrected chi connectivity index (χ1v) is 9.31. The number of fused-ring (bicyclic) bond motifs is 2. The molecule has 2 bridgehead atoms. The first-order chi connectivity index (χ1) is 12.1. The van der Waals surface area contributed by atoms with Crippen molar-refractivity contribution in [1.82, 2.24) is 15.6 Å². The number of rotatable bonds is 4. The highest BCUT2D eigenvalue weighted by molar-refractivity contribution is 7.17. The number of nitrogens with zero attached hydrogens (tertiary/aromatic N) is 1. The summed E-state index contributed by atoms with van der Waals surface area (Å²) in [5, 5.41) is 9.88. The Bertz CT molecular complexity index is 819. The molecule has 1 aromatic carbocycles. The monoisotopic (exact) mass is 356 g/mol. The van der Waals surface area contributed by atoms with E-state index >= 15 is 0 Å². The maximum absolute atomic E-state index is 12.5. The van der Waals surface area contributed by atoms with Crippen molar-refractivity contribution in [3.8, 4) is 10.4 Å². The van der Waals surface area contributed by atoms with E-state index in [0.717, 1.165) is 29.0 Å². The van der Waals surface area contributed by atoms with Crippen LogP contribution in [0.25, 0.3) is 10.4 Å². The van der Waals surface area contributed by atoms with Crippen LogP contribution in [-0.4, -0.2) is 34.9 Å². The van der Waals surface area contributed by atoms with E-state index in [4.69, 9.17) is 0 Å². The van der Waals surface area contributed by atoms with Crippen molar-refractivity contribution in [3.05, 3.63) is 35.5 Å². The highest BCUT2D eigenvalue weighted by Gasteiger charge is 2.39. The van der Waals surface area contributed by atoms with Crippen LogP contribution in [0.2, 0.25) is 0 Å². The Labute approximate surface area is 150 Å². The highest BCUT2D eigenvalue weighted by atomic mass is 32.1. The number of amides is 2. The predicted octanol–water partition coefficient (Wildman–Crippen LogP) is 2.39. The van der Waals surface area contributed by atoms with Crippen molar-refractivity contribution in [2.24, 2.45) is 0 Å². The number of anilines is 1. The van der Waals surface area contributed by atoms with E-state index in [-0.39, 0.29) is 17.9 Å². The van der Waals surface area contributed by atoms with Gasteiger partial charge in [0.1, 0.15) is 0 Å². The molecule has 2 fully saturated rings. The van der Waals surface area contributed by atoms with Crippen molar-refractivity contribution in [3.63, 3.8) is 0 Å². The normalized spacial score (nSPS) is 24.3. The van der Waals surface area contributed by atoms with Crippen molar-refractivity contribution < 1.29 is 9.59 Å². The van der Waals surface area contributed by atoms with Gasteiger partial charge in [0.2, 0.25) is 5.91 Å². The molecule has 2 saturated heterocycles. The molecule has 0 aliphatic carbocycles. The lowest BCUT2D eigenvalue weighted by Crippen LogP contribution is -2.42. The van der Waals surface area contributed by atoms with Crippen LogP contribution in [0.1, 0.15) is 36.0 Å². The number of thiazole rings is 1. The van der Waals surface area contributed by atoms with E-state index < -0.39 is 0 Å². The summed E-state index contributed by atoms with van der Waals surface area (Å²) in [4.78, 5) is 28.9. The summed E-state index contributed by atoms with van der Waals surface area (Å²) >= 11 is 1.37. The minimum absolute atomic E-state index is 0.103. The van der Waals surface area contributed by atoms with E-state index in [0.29, 0.717) is 17.1 Å². The number of carbonyl (C=O) groups is 2. The second kappa shape index (κ2) is 6.57. The molecule has 130 valence electrons. The minimum atomic E-state index is -0.110. The van der Waals surface area contributed by atoms with Gasteiger partial charge in [-0.2, -0.15) is 0 Å². The lowest BCUT2D eigenvalue weighted by molar-refractivity contribution is -0.114. The van der Waals surface area contributed by atoms with E-state index in [1.54, 1.807) is 6.20 Å². The fraction of sp³-hybridized carbons (Fsp3) is 0.389. The van der Waals surface area contributed by atoms with Gasteiger partial charge >= 0.3 is 0 Å². The fourth-order valence-electron chi connectivity index (χ4n) is 3.68. The molecule has 2 aromatic rings. The molecule has 0 radical (unpaired) electrons. The van der Waals surface area contributed by atoms with Crippen LogP contribution in [0.15, 0.2) is 30.5 Å². The van der Waals surface area contributed by atoms with Crippen LogP contribution < -0.4 is 16.0 Å². The third-order valence-corrected chi connectivity index (χ3v) is 5.83. The Kier molecular flexibility index (Phi) is 4.27. The van der Waals surface area contributed by atoms with Crippen LogP contribution in [0, 0.1) is 0 Å². The third kappa shape index (κ3) is 3.43. The Morgan fingerprint density at radius 1 is 1.32 bits per heavy atom. The van der Waals surface area contributed by atoms with Gasteiger partial charge in [0.05, 0.1) is 4.88 Å². The molecule has 6 nitrogen and oxygen atoms in total. The standard InChI is InChI=1S/C18H20N4O2S/c1-10(23)20-12-4-2-3-11(7-12)16-9-19-18(25-16)17(24)22-15-8-13-5-6-14(15)21-13/h2-4,7,9,13-15,21H,5-6,8H2,1H3,(H,20,23)(H,22,24). The van der Waals surface area contributed by atoms with Gasteiger partial charge in [-0.3, -0.25) is 9.59 Å². The van der Waals surface area contributed by atoms with E-state index in [1.807, 2.05) is 24.3 Å². The van der Waals surface area contributed by atoms with Gasteiger partial charge in [0.15, 0.2) is 5.01 Å². The second-order valence-corrected chi connectivity index (χ2v) is 7.69. The molecule has 25 heavy (non-hydrogen) atoms. The summed E-state index contributed by atoms with van der Waals surface area (Å²) in [5.74, 6) is -0.213. The molecule has 7 heteroatoms. The molecular weight excluding hydrogens is 336 g/mol. The molecule has 2 aliphatic rings. The first-order valence-electron chi connectivity index (χ1n) is 8.49. The maximum Gasteiger partial charge on any atom is 0.280 e. The molecule has 2 amide bonds. The SMILES string of the molecule is CC(=O)Nc1cccc(-c2cnc(C(=O)NC3CC4CCC3N4)s2)c1. The van der Waals surface area contributed by atoms with E-state index in [9.17, 15) is 9.59 Å². The largest absolute Gasteiger partial charge is 0.346 e. The lowest BCUT2D eigenvalue weighted by Gasteiger charge is -2.20. The lowest BCUT2D eigenvalue weighted by atomic mass is 9.95. The van der Waals surface area contributed by atoms with Crippen molar-refractivity contribution >= 4 is 28.8 Å². The zero-order valence-electron chi connectivity index (χ0n) is 13.9. The highest BCUT2D eigenvalue weighted by Crippen LogP contribution is 2.30. The predicted molar refractivity (Wildman–Crippen MR) is 97.7 cm³/mol. The Morgan fingerprint density at radius 3 is 2.92 bits per heavy atom. The number of benzene rings is 1. The zero-order valence-corrected chi connectivity index (χ0v) is 14.7. The summed E-state index contributed by atoms with van der Waals surface area (Å²) in [7, 11) is 0. The average Bonchev–Trinajstić information content (AvgIpc) is 3.31. The second-order valence-electron chi connectivity index (χ2n) is 6.65. The number of hydrogen-bond donors (Lipinski definition) is 3. The first kappa shape index (κ1) is 16.2. The quantitative estimate of drug-likeness (QED) is 0.785. The molecule has 3 heterocycles. The topological polar surface area (TPSA) is 83.1 Å². The van der Waals surface area contributed by atoms with E-state index in [2.05, 4.69) is 20.9 Å². The van der Waals surface area contributed by atoms with E-state index in [1.165, 1.54) is 24.7 Å². The third-order valence-electron chi connectivity index (χ3n) is 4.78. The van der Waals surface area contributed by atoms with Crippen LogP contribution in [0.3, 0.4) is 0 Å². The fourth-order valence-corrected chi connectivity index (χ4v) is 4.50. The molecule has 3 atom stereocenters. The van der Waals surface area contributed by atoms with Crippen LogP contribution >= 0.6 is 11.3 Å². The van der Waals surface area contributed by atoms with Gasteiger partial charge in [-0.05, 0) is 37.0 Å². The molecule has 3 N–H and O–H groups in total. The molecule has 3 unspecified atom stereocenters. The zero-order chi connectivity index (χ0) is 17.4. The van der Waals surface area contributed by atoms with Gasteiger partial charge in [-0.25, -0.2) is 4.98 Å². The smallest absolute Gasteiger partial charge is 0.280 e. The van der Waals surface area contributed by atoms with Gasteiger partial charge < -0.3 is 16.0 Å². The minimum Gasteiger partial charge on any atom is -0.346 e. The average molecular weight is 356 g/mol. The Balaban J connectivity index is 1.46. The molecule has 0 spiro atoms. The Morgan fingerprint density at radius 2 is 2.20 bits per heavy atom. The van der Waals surface area contributed by atoms with Crippen LogP contribution in [-0.2, 0) is 4.79 Å². The van der Waals surface area contributed by atoms with Crippen LogP contribution in [0.5, 0.6) is 0 Å². The summed E-state index contributed by atoms with van der Waals surface area (Å²) < 4.78 is 0. The molecule has 0 saturated carbocycles. The van der Waals surface area contributed by atoms with Gasteiger partial charge in [0.25, 0.3) is 5.91 Å². The molecule has 2 aliphatic heterocycles. The number of carbonyl (C=O) groups excluding carboxylic acids is 2. The maximum atomic E-state index is 12.5. The number of nitrogens with one attached hydrogen (secondary N) is 3. The van der Waals surface area contributed by atoms with Crippen molar-refractivity contribution in [1.29, 1.82) is 0 Å². The van der Waals surface area contributed by atoms with Gasteiger partial charge in [0, 0.05) is 36.9 Å².